The third-order valence-electron chi connectivity index (χ3n) is 2.86. The fourth-order valence-corrected chi connectivity index (χ4v) is 3.07. The molecule has 2 rings (SSSR count). The van der Waals surface area contributed by atoms with E-state index >= 15 is 0 Å². The zero-order valence-corrected chi connectivity index (χ0v) is 12.8. The molecule has 1 amide bonds. The first-order valence-corrected chi connectivity index (χ1v) is 7.49. The SMILES string of the molecule is C[C@H]1[C@H](c2ccccc2)OS(=O)N1C(=O)OC(C)(C)C. The lowest BCUT2D eigenvalue weighted by atomic mass is 10.0. The van der Waals surface area contributed by atoms with Crippen molar-refractivity contribution < 1.29 is 17.9 Å². The molecule has 3 atom stereocenters. The van der Waals surface area contributed by atoms with Gasteiger partial charge in [-0.05, 0) is 33.3 Å². The minimum absolute atomic E-state index is 0.354. The third kappa shape index (κ3) is 3.19. The van der Waals surface area contributed by atoms with E-state index in [0.717, 1.165) is 9.87 Å². The minimum atomic E-state index is -1.83. The molecule has 0 bridgehead atoms. The van der Waals surface area contributed by atoms with Crippen molar-refractivity contribution in [1.82, 2.24) is 4.31 Å². The summed E-state index contributed by atoms with van der Waals surface area (Å²) in [4.78, 5) is 12.1. The molecule has 1 saturated heterocycles. The molecule has 5 nitrogen and oxygen atoms in total. The number of carbonyl (C=O) groups is 1. The Bertz CT molecular complexity index is 512. The van der Waals surface area contributed by atoms with Crippen LogP contribution in [0.4, 0.5) is 4.79 Å². The number of hydrogen-bond acceptors (Lipinski definition) is 4. The number of nitrogens with zero attached hydrogens (tertiary/aromatic N) is 1. The van der Waals surface area contributed by atoms with Gasteiger partial charge in [0.05, 0.1) is 6.04 Å². The fraction of sp³-hybridized carbons (Fsp3) is 0.500. The highest BCUT2D eigenvalue weighted by molar-refractivity contribution is 7.78. The van der Waals surface area contributed by atoms with Crippen molar-refractivity contribution in [2.45, 2.75) is 45.4 Å². The van der Waals surface area contributed by atoms with Crippen molar-refractivity contribution in [3.05, 3.63) is 35.9 Å². The van der Waals surface area contributed by atoms with Crippen LogP contribution in [0, 0.1) is 0 Å². The molecule has 6 heteroatoms. The topological polar surface area (TPSA) is 55.8 Å². The molecule has 0 radical (unpaired) electrons. The van der Waals surface area contributed by atoms with Crippen molar-refractivity contribution in [2.75, 3.05) is 0 Å². The highest BCUT2D eigenvalue weighted by atomic mass is 32.2. The minimum Gasteiger partial charge on any atom is -0.443 e. The summed E-state index contributed by atoms with van der Waals surface area (Å²) in [5.74, 6) is 0. The Morgan fingerprint density at radius 2 is 1.90 bits per heavy atom. The van der Waals surface area contributed by atoms with E-state index in [2.05, 4.69) is 0 Å². The lowest BCUT2D eigenvalue weighted by Crippen LogP contribution is -2.39. The van der Waals surface area contributed by atoms with Crippen LogP contribution >= 0.6 is 0 Å². The van der Waals surface area contributed by atoms with Crippen molar-refractivity contribution >= 4 is 17.4 Å². The monoisotopic (exact) mass is 297 g/mol. The molecule has 0 aromatic heterocycles. The summed E-state index contributed by atoms with van der Waals surface area (Å²) in [6, 6.07) is 9.07. The van der Waals surface area contributed by atoms with Gasteiger partial charge in [-0.15, -0.1) is 0 Å². The van der Waals surface area contributed by atoms with Crippen molar-refractivity contribution in [3.63, 3.8) is 0 Å². The van der Waals surface area contributed by atoms with Crippen LogP contribution in [0.2, 0.25) is 0 Å². The maximum Gasteiger partial charge on any atom is 0.424 e. The summed E-state index contributed by atoms with van der Waals surface area (Å²) >= 11 is -1.83. The Hall–Kier alpha value is -1.40. The zero-order valence-electron chi connectivity index (χ0n) is 12.0. The van der Waals surface area contributed by atoms with Crippen molar-refractivity contribution in [3.8, 4) is 0 Å². The van der Waals surface area contributed by atoms with Crippen LogP contribution in [0.1, 0.15) is 39.4 Å². The number of hydrogen-bond donors (Lipinski definition) is 0. The summed E-state index contributed by atoms with van der Waals surface area (Å²) < 4.78 is 23.8. The maximum absolute atomic E-state index is 12.1. The Morgan fingerprint density at radius 3 is 2.45 bits per heavy atom. The van der Waals surface area contributed by atoms with Crippen molar-refractivity contribution in [2.24, 2.45) is 0 Å². The maximum atomic E-state index is 12.1. The largest absolute Gasteiger partial charge is 0.443 e. The molecular formula is C14H19NO4S. The van der Waals surface area contributed by atoms with Crippen LogP contribution in [0.15, 0.2) is 30.3 Å². The number of ether oxygens (including phenoxy) is 1. The molecule has 20 heavy (non-hydrogen) atoms. The van der Waals surface area contributed by atoms with Gasteiger partial charge in [0.15, 0.2) is 0 Å². The van der Waals surface area contributed by atoms with Gasteiger partial charge in [-0.3, -0.25) is 4.18 Å². The van der Waals surface area contributed by atoms with Crippen LogP contribution < -0.4 is 0 Å². The number of carbonyl (C=O) groups excluding carboxylic acids is 1. The smallest absolute Gasteiger partial charge is 0.424 e. The Balaban J connectivity index is 2.17. The third-order valence-corrected chi connectivity index (χ3v) is 4.03. The van der Waals surface area contributed by atoms with Gasteiger partial charge in [-0.2, -0.15) is 4.31 Å². The molecular weight excluding hydrogens is 278 g/mol. The standard InChI is InChI=1S/C14H19NO4S/c1-10-12(11-8-6-5-7-9-11)19-20(17)15(10)13(16)18-14(2,3)4/h5-10,12H,1-4H3/t10-,12+,20?/m0/s1. The molecule has 0 saturated carbocycles. The summed E-state index contributed by atoms with van der Waals surface area (Å²) in [6.45, 7) is 7.10. The predicted molar refractivity (Wildman–Crippen MR) is 75.9 cm³/mol. The van der Waals surface area contributed by atoms with Gasteiger partial charge < -0.3 is 4.74 Å². The first kappa shape index (κ1) is 15.0. The summed E-state index contributed by atoms with van der Waals surface area (Å²) in [5, 5.41) is 0. The Morgan fingerprint density at radius 1 is 1.30 bits per heavy atom. The summed E-state index contributed by atoms with van der Waals surface area (Å²) in [6.07, 6.45) is -1.04. The van der Waals surface area contributed by atoms with E-state index in [-0.39, 0.29) is 6.04 Å². The quantitative estimate of drug-likeness (QED) is 0.799. The van der Waals surface area contributed by atoms with E-state index in [0.29, 0.717) is 0 Å². The molecule has 1 unspecified atom stereocenters. The van der Waals surface area contributed by atoms with Gasteiger partial charge in [0.25, 0.3) is 11.3 Å². The normalized spacial score (nSPS) is 26.6. The molecule has 110 valence electrons. The summed E-state index contributed by atoms with van der Waals surface area (Å²) in [7, 11) is 0. The van der Waals surface area contributed by atoms with Crippen molar-refractivity contribution in [1.29, 1.82) is 0 Å². The Labute approximate surface area is 121 Å². The van der Waals surface area contributed by atoms with E-state index in [1.807, 2.05) is 30.3 Å². The van der Waals surface area contributed by atoms with Crippen LogP contribution in [0.25, 0.3) is 0 Å². The molecule has 0 spiro atoms. The van der Waals surface area contributed by atoms with E-state index in [1.165, 1.54) is 0 Å². The molecule has 0 aliphatic carbocycles. The predicted octanol–water partition coefficient (Wildman–Crippen LogP) is 2.96. The highest BCUT2D eigenvalue weighted by Gasteiger charge is 2.44. The average molecular weight is 297 g/mol. The van der Waals surface area contributed by atoms with Crippen LogP contribution in [0.5, 0.6) is 0 Å². The molecule has 1 aromatic rings. The number of rotatable bonds is 1. The fourth-order valence-electron chi connectivity index (χ4n) is 1.99. The molecule has 1 fully saturated rings. The molecule has 1 aliphatic rings. The zero-order chi connectivity index (χ0) is 14.9. The van der Waals surface area contributed by atoms with Gasteiger partial charge in [0.2, 0.25) is 0 Å². The van der Waals surface area contributed by atoms with Gasteiger partial charge in [-0.25, -0.2) is 9.00 Å². The van der Waals surface area contributed by atoms with E-state index in [9.17, 15) is 9.00 Å². The lowest BCUT2D eigenvalue weighted by molar-refractivity contribution is 0.0350. The van der Waals surface area contributed by atoms with E-state index in [4.69, 9.17) is 8.92 Å². The van der Waals surface area contributed by atoms with E-state index < -0.39 is 29.1 Å². The first-order chi connectivity index (χ1) is 9.29. The Kier molecular flexibility index (Phi) is 4.15. The second kappa shape index (κ2) is 5.54. The molecule has 0 N–H and O–H groups in total. The summed E-state index contributed by atoms with van der Waals surface area (Å²) in [5.41, 5.74) is 0.255. The van der Waals surface area contributed by atoms with Gasteiger partial charge in [0.1, 0.15) is 11.7 Å². The van der Waals surface area contributed by atoms with Gasteiger partial charge in [-0.1, -0.05) is 30.3 Å². The average Bonchev–Trinajstić information content (AvgIpc) is 2.64. The van der Waals surface area contributed by atoms with E-state index in [1.54, 1.807) is 27.7 Å². The van der Waals surface area contributed by atoms with Gasteiger partial charge >= 0.3 is 6.09 Å². The molecule has 1 aromatic carbocycles. The first-order valence-electron chi connectivity index (χ1n) is 6.46. The number of amides is 1. The van der Waals surface area contributed by atoms with Crippen LogP contribution in [-0.4, -0.2) is 26.3 Å². The second-order valence-corrected chi connectivity index (χ2v) is 6.71. The number of benzene rings is 1. The second-order valence-electron chi connectivity index (χ2n) is 5.69. The van der Waals surface area contributed by atoms with Crippen LogP contribution in [-0.2, 0) is 20.2 Å². The highest BCUT2D eigenvalue weighted by Crippen LogP contribution is 2.34. The van der Waals surface area contributed by atoms with Gasteiger partial charge in [0, 0.05) is 0 Å². The molecule has 1 heterocycles. The molecule has 1 aliphatic heterocycles. The van der Waals surface area contributed by atoms with Crippen LogP contribution in [0.3, 0.4) is 0 Å². The lowest BCUT2D eigenvalue weighted by Gasteiger charge is -2.25.